The second-order valence-corrected chi connectivity index (χ2v) is 8.09. The number of aromatic nitrogens is 1. The molecule has 1 saturated carbocycles. The van der Waals surface area contributed by atoms with Crippen LogP contribution in [0.4, 0.5) is 17.2 Å². The lowest BCUT2D eigenvalue weighted by molar-refractivity contribution is 0.200. The predicted octanol–water partition coefficient (Wildman–Crippen LogP) is 6.45. The molecule has 1 aliphatic carbocycles. The van der Waals surface area contributed by atoms with E-state index in [9.17, 15) is 0 Å². The number of methoxy groups -OCH3 is 2. The standard InChI is InChI=1S/C28H28N4O3/c1-33-23-13-14-24(25(17-23)32-27-15-12-20(18-29)19-31-27)30-16-6-8-21-7-5-11-26(34-2)28(21)35-22-9-3-4-10-22/h5-8,11-17,19,22H,3-4,9-10H2,1-2H3,(H,31,32)/b8-6+,30-16?. The molecule has 4 rings (SSSR count). The Hall–Kier alpha value is -4.31. The van der Waals surface area contributed by atoms with Gasteiger partial charge in [0.1, 0.15) is 17.6 Å². The maximum atomic E-state index is 8.98. The van der Waals surface area contributed by atoms with Gasteiger partial charge in [-0.2, -0.15) is 5.26 Å². The lowest BCUT2D eigenvalue weighted by atomic mass is 10.1. The van der Waals surface area contributed by atoms with E-state index in [1.807, 2.05) is 48.6 Å². The first-order valence-corrected chi connectivity index (χ1v) is 11.6. The molecule has 1 aromatic heterocycles. The highest BCUT2D eigenvalue weighted by Crippen LogP contribution is 2.36. The van der Waals surface area contributed by atoms with Crippen molar-refractivity contribution in [1.82, 2.24) is 4.98 Å². The highest BCUT2D eigenvalue weighted by molar-refractivity contribution is 5.84. The largest absolute Gasteiger partial charge is 0.497 e. The van der Waals surface area contributed by atoms with Crippen LogP contribution >= 0.6 is 0 Å². The van der Waals surface area contributed by atoms with Crippen molar-refractivity contribution >= 4 is 29.5 Å². The molecule has 0 spiro atoms. The van der Waals surface area contributed by atoms with Gasteiger partial charge < -0.3 is 19.5 Å². The molecule has 7 nitrogen and oxygen atoms in total. The van der Waals surface area contributed by atoms with Crippen molar-refractivity contribution in [3.05, 3.63) is 71.9 Å². The Morgan fingerprint density at radius 3 is 2.66 bits per heavy atom. The summed E-state index contributed by atoms with van der Waals surface area (Å²) in [4.78, 5) is 8.90. The minimum absolute atomic E-state index is 0.232. The molecule has 7 heteroatoms. The van der Waals surface area contributed by atoms with E-state index in [0.717, 1.165) is 41.3 Å². The fourth-order valence-corrected chi connectivity index (χ4v) is 3.92. The maximum absolute atomic E-state index is 8.98. The third kappa shape index (κ3) is 6.18. The van der Waals surface area contributed by atoms with Crippen molar-refractivity contribution in [3.63, 3.8) is 0 Å². The normalized spacial score (nSPS) is 13.7. The Bertz CT molecular complexity index is 1240. The van der Waals surface area contributed by atoms with Crippen LogP contribution < -0.4 is 19.5 Å². The number of nitrogens with one attached hydrogen (secondary N) is 1. The van der Waals surface area contributed by atoms with Gasteiger partial charge in [-0.25, -0.2) is 4.98 Å². The summed E-state index contributed by atoms with van der Waals surface area (Å²) in [5.41, 5.74) is 2.89. The number of nitriles is 1. The van der Waals surface area contributed by atoms with Gasteiger partial charge in [0.05, 0.1) is 37.3 Å². The van der Waals surface area contributed by atoms with E-state index in [-0.39, 0.29) is 6.10 Å². The van der Waals surface area contributed by atoms with Crippen LogP contribution in [0, 0.1) is 11.3 Å². The SMILES string of the molecule is COc1ccc(N=C/C=C/c2cccc(OC)c2OC2CCCC2)c(Nc2ccc(C#N)cn2)c1. The number of benzene rings is 2. The zero-order chi connectivity index (χ0) is 24.5. The van der Waals surface area contributed by atoms with Crippen LogP contribution in [0.15, 0.2) is 65.8 Å². The van der Waals surface area contributed by atoms with Gasteiger partial charge in [0, 0.05) is 24.0 Å². The van der Waals surface area contributed by atoms with E-state index in [4.69, 9.17) is 19.5 Å². The Morgan fingerprint density at radius 2 is 1.94 bits per heavy atom. The first kappa shape index (κ1) is 23.8. The highest BCUT2D eigenvalue weighted by atomic mass is 16.5. The predicted molar refractivity (Wildman–Crippen MR) is 138 cm³/mol. The number of aliphatic imine (C=N–C) groups is 1. The van der Waals surface area contributed by atoms with Crippen molar-refractivity contribution in [2.75, 3.05) is 19.5 Å². The van der Waals surface area contributed by atoms with E-state index in [1.165, 1.54) is 19.0 Å². The molecule has 1 fully saturated rings. The number of para-hydroxylation sites is 1. The van der Waals surface area contributed by atoms with Crippen LogP contribution in [-0.4, -0.2) is 31.5 Å². The summed E-state index contributed by atoms with van der Waals surface area (Å²) in [6.45, 7) is 0. The van der Waals surface area contributed by atoms with Crippen molar-refractivity contribution < 1.29 is 14.2 Å². The van der Waals surface area contributed by atoms with Gasteiger partial charge in [0.25, 0.3) is 0 Å². The summed E-state index contributed by atoms with van der Waals surface area (Å²) in [5, 5.41) is 12.2. The lowest BCUT2D eigenvalue weighted by Gasteiger charge is -2.17. The van der Waals surface area contributed by atoms with Crippen LogP contribution in [0.3, 0.4) is 0 Å². The van der Waals surface area contributed by atoms with Crippen molar-refractivity contribution in [2.45, 2.75) is 31.8 Å². The second kappa shape index (κ2) is 11.7. The molecule has 0 atom stereocenters. The summed E-state index contributed by atoms with van der Waals surface area (Å²) in [7, 11) is 3.27. The molecule has 1 heterocycles. The molecule has 178 valence electrons. The topological polar surface area (TPSA) is 88.8 Å². The summed E-state index contributed by atoms with van der Waals surface area (Å²) in [6.07, 6.45) is 11.9. The fourth-order valence-electron chi connectivity index (χ4n) is 3.92. The molecule has 35 heavy (non-hydrogen) atoms. The molecule has 0 radical (unpaired) electrons. The van der Waals surface area contributed by atoms with Crippen molar-refractivity contribution in [2.24, 2.45) is 4.99 Å². The summed E-state index contributed by atoms with van der Waals surface area (Å²) < 4.78 is 17.2. The first-order chi connectivity index (χ1) is 17.2. The van der Waals surface area contributed by atoms with Gasteiger partial charge >= 0.3 is 0 Å². The van der Waals surface area contributed by atoms with Gasteiger partial charge in [-0.15, -0.1) is 0 Å². The number of anilines is 2. The molecule has 0 bridgehead atoms. The average molecular weight is 469 g/mol. The number of rotatable bonds is 9. The second-order valence-electron chi connectivity index (χ2n) is 8.09. The molecule has 1 aliphatic rings. The molecule has 0 aliphatic heterocycles. The first-order valence-electron chi connectivity index (χ1n) is 11.6. The number of nitrogens with zero attached hydrogens (tertiary/aromatic N) is 3. The minimum Gasteiger partial charge on any atom is -0.497 e. The molecule has 3 aromatic rings. The Kier molecular flexibility index (Phi) is 7.97. The highest BCUT2D eigenvalue weighted by Gasteiger charge is 2.19. The minimum atomic E-state index is 0.232. The maximum Gasteiger partial charge on any atom is 0.168 e. The molecule has 2 aromatic carbocycles. The number of allylic oxidation sites excluding steroid dienone is 1. The van der Waals surface area contributed by atoms with Crippen LogP contribution in [0.25, 0.3) is 6.08 Å². The lowest BCUT2D eigenvalue weighted by Crippen LogP contribution is -2.12. The molecule has 0 amide bonds. The van der Waals surface area contributed by atoms with Crippen molar-refractivity contribution in [1.29, 1.82) is 5.26 Å². The van der Waals surface area contributed by atoms with E-state index in [2.05, 4.69) is 21.4 Å². The molecular formula is C28H28N4O3. The smallest absolute Gasteiger partial charge is 0.168 e. The molecular weight excluding hydrogens is 440 g/mol. The average Bonchev–Trinajstić information content (AvgIpc) is 3.41. The van der Waals surface area contributed by atoms with Gasteiger partial charge in [0.2, 0.25) is 0 Å². The van der Waals surface area contributed by atoms with Gasteiger partial charge in [-0.1, -0.05) is 12.1 Å². The quantitative estimate of drug-likeness (QED) is 0.363. The number of hydrogen-bond donors (Lipinski definition) is 1. The van der Waals surface area contributed by atoms with Gasteiger partial charge in [-0.05, 0) is 68.2 Å². The Balaban J connectivity index is 1.54. The van der Waals surface area contributed by atoms with Crippen LogP contribution in [0.2, 0.25) is 0 Å². The Labute approximate surface area is 205 Å². The number of hydrogen-bond acceptors (Lipinski definition) is 7. The van der Waals surface area contributed by atoms with Crippen LogP contribution in [0.1, 0.15) is 36.8 Å². The molecule has 1 N–H and O–H groups in total. The number of pyridine rings is 1. The van der Waals surface area contributed by atoms with Crippen LogP contribution in [0.5, 0.6) is 17.2 Å². The monoisotopic (exact) mass is 468 g/mol. The van der Waals surface area contributed by atoms with Crippen molar-refractivity contribution in [3.8, 4) is 23.3 Å². The zero-order valence-corrected chi connectivity index (χ0v) is 19.9. The summed E-state index contributed by atoms with van der Waals surface area (Å²) >= 11 is 0. The number of ether oxygens (including phenoxy) is 3. The third-order valence-electron chi connectivity index (χ3n) is 5.75. The van der Waals surface area contributed by atoms with Gasteiger partial charge in [0.15, 0.2) is 11.5 Å². The van der Waals surface area contributed by atoms with Crippen LogP contribution in [-0.2, 0) is 0 Å². The fraction of sp³-hybridized carbons (Fsp3) is 0.250. The summed E-state index contributed by atoms with van der Waals surface area (Å²) in [6, 6.07) is 17.0. The van der Waals surface area contributed by atoms with E-state index in [1.54, 1.807) is 32.6 Å². The molecule has 0 saturated heterocycles. The molecule has 0 unspecified atom stereocenters. The van der Waals surface area contributed by atoms with E-state index in [0.29, 0.717) is 17.1 Å². The summed E-state index contributed by atoms with van der Waals surface area (Å²) in [5.74, 6) is 2.80. The van der Waals surface area contributed by atoms with E-state index >= 15 is 0 Å². The van der Waals surface area contributed by atoms with Gasteiger partial charge in [-0.3, -0.25) is 4.99 Å². The Morgan fingerprint density at radius 1 is 1.09 bits per heavy atom. The third-order valence-corrected chi connectivity index (χ3v) is 5.75. The van der Waals surface area contributed by atoms with E-state index < -0.39 is 0 Å². The zero-order valence-electron chi connectivity index (χ0n) is 19.9.